The van der Waals surface area contributed by atoms with Gasteiger partial charge in [-0.1, -0.05) is 60.7 Å². The van der Waals surface area contributed by atoms with E-state index in [0.29, 0.717) is 31.9 Å². The van der Waals surface area contributed by atoms with E-state index in [2.05, 4.69) is 4.90 Å². The molecule has 0 bridgehead atoms. The molecule has 2 aromatic rings. The lowest BCUT2D eigenvalue weighted by molar-refractivity contribution is -0.112. The number of amides is 1. The summed E-state index contributed by atoms with van der Waals surface area (Å²) in [6.45, 7) is 4.09. The van der Waals surface area contributed by atoms with Gasteiger partial charge in [-0.2, -0.15) is 0 Å². The first-order valence-electron chi connectivity index (χ1n) is 9.31. The maximum Gasteiger partial charge on any atom is 0.413 e. The number of hydrogen-bond acceptors (Lipinski definition) is 5. The number of nitrogens with zero attached hydrogens (tertiary/aromatic N) is 2. The van der Waals surface area contributed by atoms with Crippen LogP contribution < -0.4 is 0 Å². The van der Waals surface area contributed by atoms with E-state index in [4.69, 9.17) is 9.47 Å². The Morgan fingerprint density at radius 3 is 2.26 bits per heavy atom. The Morgan fingerprint density at radius 2 is 1.59 bits per heavy atom. The predicted octanol–water partition coefficient (Wildman–Crippen LogP) is 2.36. The number of carbonyl (C=O) groups excluding carboxylic acids is 1. The maximum atomic E-state index is 12.7. The van der Waals surface area contributed by atoms with Gasteiger partial charge >= 0.3 is 6.09 Å². The van der Waals surface area contributed by atoms with Crippen molar-refractivity contribution in [2.24, 2.45) is 0 Å². The highest BCUT2D eigenvalue weighted by Crippen LogP contribution is 2.46. The molecule has 2 heterocycles. The Balaban J connectivity index is 1.65. The van der Waals surface area contributed by atoms with E-state index in [-0.39, 0.29) is 0 Å². The maximum absolute atomic E-state index is 12.7. The average molecular weight is 368 g/mol. The predicted molar refractivity (Wildman–Crippen MR) is 100.0 cm³/mol. The number of hydrogen-bond donors (Lipinski definition) is 1. The number of carbonyl (C=O) groups is 1. The third kappa shape index (κ3) is 3.43. The normalized spacial score (nSPS) is 26.2. The van der Waals surface area contributed by atoms with Crippen LogP contribution in [-0.2, 0) is 15.2 Å². The van der Waals surface area contributed by atoms with Crippen molar-refractivity contribution in [2.75, 3.05) is 39.4 Å². The molecule has 0 spiro atoms. The summed E-state index contributed by atoms with van der Waals surface area (Å²) in [5, 5.41) is 11.8. The minimum atomic E-state index is -1.55. The molecule has 2 atom stereocenters. The van der Waals surface area contributed by atoms with E-state index in [1.165, 1.54) is 4.90 Å². The molecule has 6 nitrogen and oxygen atoms in total. The van der Waals surface area contributed by atoms with Crippen LogP contribution in [0.5, 0.6) is 0 Å². The molecule has 0 saturated carbocycles. The SMILES string of the molecule is O=C1O[C@@H](c2ccccc2)[C@@](O)(c2ccccc2)N1CCN1CCOCC1. The fourth-order valence-corrected chi connectivity index (χ4v) is 3.77. The highest BCUT2D eigenvalue weighted by molar-refractivity contribution is 5.72. The smallest absolute Gasteiger partial charge is 0.413 e. The summed E-state index contributed by atoms with van der Waals surface area (Å²) in [7, 11) is 0. The van der Waals surface area contributed by atoms with Crippen LogP contribution in [0, 0.1) is 0 Å². The van der Waals surface area contributed by atoms with Gasteiger partial charge in [0.25, 0.3) is 0 Å². The first-order chi connectivity index (χ1) is 13.2. The number of benzene rings is 2. The van der Waals surface area contributed by atoms with Crippen molar-refractivity contribution >= 4 is 6.09 Å². The van der Waals surface area contributed by atoms with Crippen LogP contribution in [0.1, 0.15) is 17.2 Å². The molecule has 2 aliphatic rings. The topological polar surface area (TPSA) is 62.2 Å². The van der Waals surface area contributed by atoms with Crippen molar-refractivity contribution in [3.05, 3.63) is 71.8 Å². The van der Waals surface area contributed by atoms with Gasteiger partial charge in [0.15, 0.2) is 6.10 Å². The summed E-state index contributed by atoms with van der Waals surface area (Å²) in [4.78, 5) is 16.4. The first-order valence-corrected chi connectivity index (χ1v) is 9.31. The van der Waals surface area contributed by atoms with Crippen LogP contribution >= 0.6 is 0 Å². The van der Waals surface area contributed by atoms with Gasteiger partial charge in [0.2, 0.25) is 5.72 Å². The highest BCUT2D eigenvalue weighted by Gasteiger charge is 2.55. The van der Waals surface area contributed by atoms with Gasteiger partial charge in [-0.3, -0.25) is 9.80 Å². The molecular formula is C21H24N2O4. The standard InChI is InChI=1S/C21H24N2O4/c24-20-23(12-11-22-13-15-26-16-14-22)21(25,18-9-5-2-6-10-18)19(27-20)17-7-3-1-4-8-17/h1-10,19,25H,11-16H2/t19-,21-/m0/s1. The van der Waals surface area contributed by atoms with Crippen LogP contribution in [0.3, 0.4) is 0 Å². The fraction of sp³-hybridized carbons (Fsp3) is 0.381. The number of cyclic esters (lactones) is 1. The molecule has 4 rings (SSSR count). The molecule has 27 heavy (non-hydrogen) atoms. The number of aliphatic hydroxyl groups is 1. The molecule has 2 saturated heterocycles. The molecule has 2 aromatic carbocycles. The van der Waals surface area contributed by atoms with E-state index in [1.807, 2.05) is 60.7 Å². The Morgan fingerprint density at radius 1 is 0.963 bits per heavy atom. The van der Waals surface area contributed by atoms with Gasteiger partial charge in [0.1, 0.15) is 0 Å². The van der Waals surface area contributed by atoms with Gasteiger partial charge in [-0.05, 0) is 5.56 Å². The largest absolute Gasteiger partial charge is 0.436 e. The van der Waals surface area contributed by atoms with E-state index in [9.17, 15) is 9.90 Å². The minimum absolute atomic E-state index is 0.383. The van der Waals surface area contributed by atoms with Crippen molar-refractivity contribution in [1.82, 2.24) is 9.80 Å². The third-order valence-electron chi connectivity index (χ3n) is 5.26. The Bertz CT molecular complexity index is 764. The zero-order chi connectivity index (χ0) is 18.7. The molecule has 0 aliphatic carbocycles. The third-order valence-corrected chi connectivity index (χ3v) is 5.26. The van der Waals surface area contributed by atoms with Crippen molar-refractivity contribution in [1.29, 1.82) is 0 Å². The molecule has 0 radical (unpaired) electrons. The van der Waals surface area contributed by atoms with Crippen molar-refractivity contribution in [2.45, 2.75) is 11.8 Å². The van der Waals surface area contributed by atoms with Crippen molar-refractivity contribution < 1.29 is 19.4 Å². The van der Waals surface area contributed by atoms with Gasteiger partial charge in [-0.15, -0.1) is 0 Å². The van der Waals surface area contributed by atoms with Crippen LogP contribution in [0.2, 0.25) is 0 Å². The second-order valence-corrected chi connectivity index (χ2v) is 6.87. The molecule has 2 aliphatic heterocycles. The lowest BCUT2D eigenvalue weighted by Gasteiger charge is -2.36. The highest BCUT2D eigenvalue weighted by atomic mass is 16.6. The van der Waals surface area contributed by atoms with Gasteiger partial charge in [0.05, 0.1) is 13.2 Å². The Labute approximate surface area is 158 Å². The molecule has 2 fully saturated rings. The van der Waals surface area contributed by atoms with Crippen LogP contribution in [-0.4, -0.2) is 60.4 Å². The van der Waals surface area contributed by atoms with Crippen LogP contribution in [0.15, 0.2) is 60.7 Å². The van der Waals surface area contributed by atoms with Gasteiger partial charge < -0.3 is 14.6 Å². The van der Waals surface area contributed by atoms with Crippen molar-refractivity contribution in [3.63, 3.8) is 0 Å². The summed E-state index contributed by atoms with van der Waals surface area (Å²) >= 11 is 0. The summed E-state index contributed by atoms with van der Waals surface area (Å²) in [5.41, 5.74) is -0.135. The molecule has 0 unspecified atom stereocenters. The number of ether oxygens (including phenoxy) is 2. The minimum Gasteiger partial charge on any atom is -0.436 e. The lowest BCUT2D eigenvalue weighted by atomic mass is 9.91. The first kappa shape index (κ1) is 18.0. The average Bonchev–Trinajstić information content (AvgIpc) is 2.99. The van der Waals surface area contributed by atoms with E-state index >= 15 is 0 Å². The molecule has 1 N–H and O–H groups in total. The number of morpholine rings is 1. The van der Waals surface area contributed by atoms with E-state index in [1.54, 1.807) is 0 Å². The van der Waals surface area contributed by atoms with E-state index < -0.39 is 17.9 Å². The van der Waals surface area contributed by atoms with Crippen LogP contribution in [0.4, 0.5) is 4.79 Å². The fourth-order valence-electron chi connectivity index (χ4n) is 3.77. The Hall–Kier alpha value is -2.41. The van der Waals surface area contributed by atoms with Gasteiger partial charge in [-0.25, -0.2) is 4.79 Å². The van der Waals surface area contributed by atoms with E-state index in [0.717, 1.165) is 18.7 Å². The molecule has 142 valence electrons. The summed E-state index contributed by atoms with van der Waals surface area (Å²) in [5.74, 6) is 0. The monoisotopic (exact) mass is 368 g/mol. The van der Waals surface area contributed by atoms with Gasteiger partial charge in [0, 0.05) is 31.7 Å². The molecule has 6 heteroatoms. The Kier molecular flexibility index (Phi) is 5.11. The second-order valence-electron chi connectivity index (χ2n) is 6.87. The number of rotatable bonds is 5. The lowest BCUT2D eigenvalue weighted by Crippen LogP contribution is -2.49. The zero-order valence-corrected chi connectivity index (χ0v) is 15.2. The summed E-state index contributed by atoms with van der Waals surface area (Å²) in [6.07, 6.45) is -1.28. The molecular weight excluding hydrogens is 344 g/mol. The quantitative estimate of drug-likeness (QED) is 0.878. The zero-order valence-electron chi connectivity index (χ0n) is 15.2. The van der Waals surface area contributed by atoms with Crippen molar-refractivity contribution in [3.8, 4) is 0 Å². The summed E-state index contributed by atoms with van der Waals surface area (Å²) in [6, 6.07) is 18.7. The van der Waals surface area contributed by atoms with Crippen LogP contribution in [0.25, 0.3) is 0 Å². The molecule has 1 amide bonds. The molecule has 0 aromatic heterocycles. The summed E-state index contributed by atoms with van der Waals surface area (Å²) < 4.78 is 11.0. The second kappa shape index (κ2) is 7.68.